The van der Waals surface area contributed by atoms with E-state index in [0.29, 0.717) is 18.1 Å². The van der Waals surface area contributed by atoms with Crippen LogP contribution in [0.4, 0.5) is 16.4 Å². The van der Waals surface area contributed by atoms with Gasteiger partial charge in [-0.05, 0) is 42.3 Å². The van der Waals surface area contributed by atoms with E-state index in [4.69, 9.17) is 4.74 Å². The van der Waals surface area contributed by atoms with Gasteiger partial charge in [0.05, 0.1) is 23.1 Å². The van der Waals surface area contributed by atoms with E-state index in [1.54, 1.807) is 11.3 Å². The molecule has 1 aliphatic heterocycles. The van der Waals surface area contributed by atoms with Gasteiger partial charge in [0.15, 0.2) is 0 Å². The number of amides is 1. The van der Waals surface area contributed by atoms with Crippen LogP contribution in [0.2, 0.25) is 0 Å². The summed E-state index contributed by atoms with van der Waals surface area (Å²) in [4.78, 5) is 18.2. The summed E-state index contributed by atoms with van der Waals surface area (Å²) in [5.41, 5.74) is 5.31. The zero-order valence-electron chi connectivity index (χ0n) is 17.6. The molecule has 1 aliphatic rings. The first-order valence-corrected chi connectivity index (χ1v) is 11.0. The normalized spacial score (nSPS) is 13.9. The Morgan fingerprint density at radius 2 is 1.80 bits per heavy atom. The average molecular weight is 422 g/mol. The molecule has 2 aromatic carbocycles. The van der Waals surface area contributed by atoms with Crippen molar-refractivity contribution in [3.8, 4) is 11.1 Å². The molecule has 3 aromatic rings. The largest absolute Gasteiger partial charge is 0.378 e. The number of hydrogen-bond acceptors (Lipinski definition) is 5. The number of carbonyl (C=O) groups is 1. The molecule has 0 bridgehead atoms. The topological polar surface area (TPSA) is 44.8 Å². The number of thiophene rings is 1. The molecule has 0 radical (unpaired) electrons. The minimum atomic E-state index is -0.0753. The zero-order chi connectivity index (χ0) is 21.1. The summed E-state index contributed by atoms with van der Waals surface area (Å²) < 4.78 is 5.52. The summed E-state index contributed by atoms with van der Waals surface area (Å²) in [6.07, 6.45) is 0. The summed E-state index contributed by atoms with van der Waals surface area (Å²) in [6.45, 7) is 5.16. The fourth-order valence-corrected chi connectivity index (χ4v) is 4.87. The highest BCUT2D eigenvalue weighted by molar-refractivity contribution is 7.18. The van der Waals surface area contributed by atoms with Gasteiger partial charge in [-0.25, -0.2) is 0 Å². The van der Waals surface area contributed by atoms with Crippen molar-refractivity contribution in [3.05, 3.63) is 65.0 Å². The Labute approximate surface area is 181 Å². The van der Waals surface area contributed by atoms with Crippen LogP contribution in [0.3, 0.4) is 0 Å². The SMILES string of the molecule is Cc1cc(NC(=O)c2cc(-c3ccccc3)c(N3CCOCC3)s2)ccc1N(C)C. The number of morpholine rings is 1. The number of ether oxygens (including phenoxy) is 1. The molecule has 30 heavy (non-hydrogen) atoms. The number of nitrogens with one attached hydrogen (secondary N) is 1. The number of carbonyl (C=O) groups excluding carboxylic acids is 1. The Hall–Kier alpha value is -2.83. The van der Waals surface area contributed by atoms with Crippen molar-refractivity contribution in [1.29, 1.82) is 0 Å². The molecule has 2 heterocycles. The molecule has 4 rings (SSSR count). The standard InChI is InChI=1S/C24H27N3O2S/c1-17-15-19(9-10-21(17)26(2)3)25-23(28)22-16-20(18-7-5-4-6-8-18)24(30-22)27-11-13-29-14-12-27/h4-10,15-16H,11-14H2,1-3H3,(H,25,28). The lowest BCUT2D eigenvalue weighted by Gasteiger charge is -2.28. The Morgan fingerprint density at radius 1 is 1.07 bits per heavy atom. The lowest BCUT2D eigenvalue weighted by atomic mass is 10.1. The summed E-state index contributed by atoms with van der Waals surface area (Å²) >= 11 is 1.55. The highest BCUT2D eigenvalue weighted by atomic mass is 32.1. The second-order valence-electron chi connectivity index (χ2n) is 7.64. The van der Waals surface area contributed by atoms with Crippen LogP contribution < -0.4 is 15.1 Å². The second kappa shape index (κ2) is 8.90. The number of nitrogens with zero attached hydrogens (tertiary/aromatic N) is 2. The van der Waals surface area contributed by atoms with E-state index in [2.05, 4.69) is 34.2 Å². The molecular weight excluding hydrogens is 394 g/mol. The van der Waals surface area contributed by atoms with E-state index < -0.39 is 0 Å². The van der Waals surface area contributed by atoms with Crippen molar-refractivity contribution in [1.82, 2.24) is 0 Å². The maximum Gasteiger partial charge on any atom is 0.265 e. The molecule has 1 aromatic heterocycles. The lowest BCUT2D eigenvalue weighted by Crippen LogP contribution is -2.35. The van der Waals surface area contributed by atoms with Gasteiger partial charge in [0.1, 0.15) is 0 Å². The predicted molar refractivity (Wildman–Crippen MR) is 126 cm³/mol. The summed E-state index contributed by atoms with van der Waals surface area (Å²) in [5.74, 6) is -0.0753. The fourth-order valence-electron chi connectivity index (χ4n) is 3.75. The molecule has 1 saturated heterocycles. The van der Waals surface area contributed by atoms with Crippen LogP contribution in [0.15, 0.2) is 54.6 Å². The van der Waals surface area contributed by atoms with Crippen LogP contribution in [-0.4, -0.2) is 46.3 Å². The highest BCUT2D eigenvalue weighted by Crippen LogP contribution is 2.39. The monoisotopic (exact) mass is 421 g/mol. The van der Waals surface area contributed by atoms with Gasteiger partial charge in [-0.15, -0.1) is 11.3 Å². The Balaban J connectivity index is 1.63. The molecular formula is C24H27N3O2S. The van der Waals surface area contributed by atoms with Gasteiger partial charge in [0.2, 0.25) is 0 Å². The average Bonchev–Trinajstić information content (AvgIpc) is 3.20. The summed E-state index contributed by atoms with van der Waals surface area (Å²) in [6, 6.07) is 18.3. The van der Waals surface area contributed by atoms with E-state index in [0.717, 1.165) is 46.2 Å². The number of anilines is 3. The smallest absolute Gasteiger partial charge is 0.265 e. The van der Waals surface area contributed by atoms with Gasteiger partial charge >= 0.3 is 0 Å². The van der Waals surface area contributed by atoms with Crippen LogP contribution in [-0.2, 0) is 4.74 Å². The molecule has 156 valence electrons. The third kappa shape index (κ3) is 4.35. The lowest BCUT2D eigenvalue weighted by molar-refractivity contribution is 0.103. The second-order valence-corrected chi connectivity index (χ2v) is 8.68. The van der Waals surface area contributed by atoms with Crippen molar-refractivity contribution in [2.45, 2.75) is 6.92 Å². The van der Waals surface area contributed by atoms with Crippen molar-refractivity contribution in [2.24, 2.45) is 0 Å². The van der Waals surface area contributed by atoms with Crippen LogP contribution in [0, 0.1) is 6.92 Å². The first kappa shape index (κ1) is 20.4. The molecule has 1 amide bonds. The van der Waals surface area contributed by atoms with E-state index in [1.165, 1.54) is 0 Å². The van der Waals surface area contributed by atoms with Gasteiger partial charge in [-0.3, -0.25) is 4.79 Å². The quantitative estimate of drug-likeness (QED) is 0.638. The molecule has 0 atom stereocenters. The molecule has 0 aliphatic carbocycles. The molecule has 5 nitrogen and oxygen atoms in total. The van der Waals surface area contributed by atoms with E-state index in [-0.39, 0.29) is 5.91 Å². The minimum Gasteiger partial charge on any atom is -0.378 e. The van der Waals surface area contributed by atoms with Crippen LogP contribution in [0.1, 0.15) is 15.2 Å². The molecule has 0 unspecified atom stereocenters. The van der Waals surface area contributed by atoms with Crippen molar-refractivity contribution >= 4 is 33.6 Å². The fraction of sp³-hybridized carbons (Fsp3) is 0.292. The molecule has 0 saturated carbocycles. The first-order chi connectivity index (χ1) is 14.5. The Bertz CT molecular complexity index is 1020. The first-order valence-electron chi connectivity index (χ1n) is 10.1. The van der Waals surface area contributed by atoms with E-state index >= 15 is 0 Å². The van der Waals surface area contributed by atoms with E-state index in [9.17, 15) is 4.79 Å². The third-order valence-electron chi connectivity index (χ3n) is 5.26. The minimum absolute atomic E-state index is 0.0753. The van der Waals surface area contributed by atoms with Crippen molar-refractivity contribution in [2.75, 3.05) is 55.5 Å². The van der Waals surface area contributed by atoms with Gasteiger partial charge in [0.25, 0.3) is 5.91 Å². The number of hydrogen-bond donors (Lipinski definition) is 1. The third-order valence-corrected chi connectivity index (χ3v) is 6.45. The summed E-state index contributed by atoms with van der Waals surface area (Å²) in [5, 5.41) is 4.20. The zero-order valence-corrected chi connectivity index (χ0v) is 18.5. The number of aryl methyl sites for hydroxylation is 1. The van der Waals surface area contributed by atoms with Crippen LogP contribution in [0.5, 0.6) is 0 Å². The molecule has 6 heteroatoms. The van der Waals surface area contributed by atoms with Crippen molar-refractivity contribution < 1.29 is 9.53 Å². The molecule has 1 N–H and O–H groups in total. The Morgan fingerprint density at radius 3 is 2.47 bits per heavy atom. The van der Waals surface area contributed by atoms with Crippen molar-refractivity contribution in [3.63, 3.8) is 0 Å². The maximum atomic E-state index is 13.1. The molecule has 0 spiro atoms. The number of benzene rings is 2. The van der Waals surface area contributed by atoms with Crippen LogP contribution in [0.25, 0.3) is 11.1 Å². The predicted octanol–water partition coefficient (Wildman–Crippen LogP) is 4.88. The van der Waals surface area contributed by atoms with Crippen LogP contribution >= 0.6 is 11.3 Å². The Kier molecular flexibility index (Phi) is 6.06. The number of rotatable bonds is 5. The van der Waals surface area contributed by atoms with Gasteiger partial charge < -0.3 is 19.9 Å². The van der Waals surface area contributed by atoms with E-state index in [1.807, 2.05) is 56.6 Å². The van der Waals surface area contributed by atoms with Gasteiger partial charge in [0, 0.05) is 44.1 Å². The van der Waals surface area contributed by atoms with Gasteiger partial charge in [-0.2, -0.15) is 0 Å². The maximum absolute atomic E-state index is 13.1. The van der Waals surface area contributed by atoms with Gasteiger partial charge in [-0.1, -0.05) is 30.3 Å². The highest BCUT2D eigenvalue weighted by Gasteiger charge is 2.22. The molecule has 1 fully saturated rings. The summed E-state index contributed by atoms with van der Waals surface area (Å²) in [7, 11) is 4.04.